The number of esters is 2. The third-order valence-corrected chi connectivity index (χ3v) is 5.31. The Morgan fingerprint density at radius 3 is 2.58 bits per heavy atom. The van der Waals surface area contributed by atoms with Crippen LogP contribution < -0.4 is 23.8 Å². The van der Waals surface area contributed by atoms with Crippen LogP contribution in [0.5, 0.6) is 23.0 Å². The van der Waals surface area contributed by atoms with Crippen LogP contribution in [0.25, 0.3) is 6.08 Å². The number of fused-ring (bicyclic) bond motifs is 1. The molecule has 2 aromatic carbocycles. The molecule has 0 aromatic heterocycles. The highest BCUT2D eigenvalue weighted by atomic mass is 16.6. The fourth-order valence-electron chi connectivity index (χ4n) is 3.61. The molecule has 4 rings (SSSR count). The van der Waals surface area contributed by atoms with E-state index in [-0.39, 0.29) is 24.6 Å². The number of carbonyl (C=O) groups excluding carboxylic acids is 3. The molecule has 2 aliphatic rings. The van der Waals surface area contributed by atoms with Crippen molar-refractivity contribution < 1.29 is 38.1 Å². The summed E-state index contributed by atoms with van der Waals surface area (Å²) >= 11 is 0. The van der Waals surface area contributed by atoms with Gasteiger partial charge in [0.05, 0.1) is 20.1 Å². The van der Waals surface area contributed by atoms with E-state index >= 15 is 0 Å². The second-order valence-electron chi connectivity index (χ2n) is 7.42. The summed E-state index contributed by atoms with van der Waals surface area (Å²) in [7, 11) is 2.74. The van der Waals surface area contributed by atoms with E-state index in [0.717, 1.165) is 0 Å². The van der Waals surface area contributed by atoms with Crippen molar-refractivity contribution in [3.05, 3.63) is 48.0 Å². The maximum Gasteiger partial charge on any atom is 0.330 e. The number of amides is 1. The zero-order valence-corrected chi connectivity index (χ0v) is 18.2. The average Bonchev–Trinajstić information content (AvgIpc) is 3.24. The molecule has 9 heteroatoms. The molecule has 0 N–H and O–H groups in total. The molecule has 1 fully saturated rings. The maximum absolute atomic E-state index is 12.8. The van der Waals surface area contributed by atoms with Crippen LogP contribution in [-0.2, 0) is 19.1 Å². The molecule has 172 valence electrons. The minimum absolute atomic E-state index is 0.0372. The van der Waals surface area contributed by atoms with E-state index in [2.05, 4.69) is 4.74 Å². The average molecular weight is 453 g/mol. The van der Waals surface area contributed by atoms with Crippen molar-refractivity contribution in [1.29, 1.82) is 0 Å². The first-order chi connectivity index (χ1) is 16.0. The molecule has 0 bridgehead atoms. The van der Waals surface area contributed by atoms with Crippen molar-refractivity contribution in [3.63, 3.8) is 0 Å². The molecule has 1 saturated heterocycles. The van der Waals surface area contributed by atoms with E-state index in [1.54, 1.807) is 47.4 Å². The SMILES string of the molecule is COC(=O)/C=C/c1ccc(OC(=O)C2CC(=O)N(c3ccc4c(c3)OCCO4)C2)c(OC)c1. The monoisotopic (exact) mass is 453 g/mol. The van der Waals surface area contributed by atoms with E-state index in [0.29, 0.717) is 41.7 Å². The van der Waals surface area contributed by atoms with Gasteiger partial charge in [-0.1, -0.05) is 6.07 Å². The van der Waals surface area contributed by atoms with Crippen molar-refractivity contribution in [1.82, 2.24) is 0 Å². The lowest BCUT2D eigenvalue weighted by molar-refractivity contribution is -0.139. The van der Waals surface area contributed by atoms with Crippen LogP contribution in [0.15, 0.2) is 42.5 Å². The van der Waals surface area contributed by atoms with Crippen molar-refractivity contribution in [2.75, 3.05) is 38.9 Å². The van der Waals surface area contributed by atoms with Crippen LogP contribution in [-0.4, -0.2) is 51.8 Å². The lowest BCUT2D eigenvalue weighted by Gasteiger charge is -2.22. The second-order valence-corrected chi connectivity index (χ2v) is 7.42. The first kappa shape index (κ1) is 22.2. The van der Waals surface area contributed by atoms with E-state index < -0.39 is 17.9 Å². The van der Waals surface area contributed by atoms with Crippen LogP contribution in [0.1, 0.15) is 12.0 Å². The quantitative estimate of drug-likeness (QED) is 0.374. The summed E-state index contributed by atoms with van der Waals surface area (Å²) in [4.78, 5) is 38.2. The summed E-state index contributed by atoms with van der Waals surface area (Å²) in [5, 5.41) is 0. The normalized spacial score (nSPS) is 17.2. The van der Waals surface area contributed by atoms with Gasteiger partial charge in [0.2, 0.25) is 5.91 Å². The van der Waals surface area contributed by atoms with E-state index in [9.17, 15) is 14.4 Å². The molecule has 1 unspecified atom stereocenters. The summed E-state index contributed by atoms with van der Waals surface area (Å²) in [6, 6.07) is 10.1. The van der Waals surface area contributed by atoms with Crippen LogP contribution in [0.2, 0.25) is 0 Å². The topological polar surface area (TPSA) is 101 Å². The number of benzene rings is 2. The van der Waals surface area contributed by atoms with Crippen molar-refractivity contribution >= 4 is 29.6 Å². The van der Waals surface area contributed by atoms with E-state index in [4.69, 9.17) is 18.9 Å². The summed E-state index contributed by atoms with van der Waals surface area (Å²) in [5.74, 6) is -0.0739. The smallest absolute Gasteiger partial charge is 0.330 e. The fourth-order valence-corrected chi connectivity index (χ4v) is 3.61. The van der Waals surface area contributed by atoms with Gasteiger partial charge in [0.25, 0.3) is 0 Å². The molecule has 9 nitrogen and oxygen atoms in total. The second kappa shape index (κ2) is 9.64. The number of ether oxygens (including phenoxy) is 5. The van der Waals surface area contributed by atoms with Gasteiger partial charge in [0.1, 0.15) is 13.2 Å². The molecule has 2 aliphatic heterocycles. The van der Waals surface area contributed by atoms with Crippen molar-refractivity contribution in [2.45, 2.75) is 6.42 Å². The number of hydrogen-bond acceptors (Lipinski definition) is 8. The third kappa shape index (κ3) is 4.92. The molecule has 2 aromatic rings. The fraction of sp³-hybridized carbons (Fsp3) is 0.292. The van der Waals surface area contributed by atoms with Crippen LogP contribution in [0, 0.1) is 5.92 Å². The summed E-state index contributed by atoms with van der Waals surface area (Å²) in [6.45, 7) is 1.12. The zero-order chi connectivity index (χ0) is 23.4. The number of carbonyl (C=O) groups is 3. The molecule has 1 amide bonds. The Kier molecular flexibility index (Phi) is 6.48. The molecule has 0 radical (unpaired) electrons. The summed E-state index contributed by atoms with van der Waals surface area (Å²) < 4.78 is 26.5. The first-order valence-electron chi connectivity index (χ1n) is 10.3. The van der Waals surface area contributed by atoms with Gasteiger partial charge in [0.15, 0.2) is 23.0 Å². The predicted molar refractivity (Wildman–Crippen MR) is 118 cm³/mol. The molecular weight excluding hydrogens is 430 g/mol. The van der Waals surface area contributed by atoms with Crippen molar-refractivity contribution in [2.24, 2.45) is 5.92 Å². The van der Waals surface area contributed by atoms with Gasteiger partial charge in [-0.3, -0.25) is 9.59 Å². The van der Waals surface area contributed by atoms with Gasteiger partial charge in [-0.25, -0.2) is 4.79 Å². The number of anilines is 1. The molecule has 2 heterocycles. The largest absolute Gasteiger partial charge is 0.493 e. The Morgan fingerprint density at radius 1 is 1.03 bits per heavy atom. The minimum atomic E-state index is -0.630. The zero-order valence-electron chi connectivity index (χ0n) is 18.2. The summed E-state index contributed by atoms with van der Waals surface area (Å²) in [6.07, 6.45) is 2.87. The number of hydrogen-bond donors (Lipinski definition) is 0. The van der Waals surface area contributed by atoms with E-state index in [1.807, 2.05) is 0 Å². The standard InChI is InChI=1S/C24H23NO8/c1-29-20-11-15(4-8-23(27)30-2)3-6-19(20)33-24(28)16-12-22(26)25(14-16)17-5-7-18-21(13-17)32-10-9-31-18/h3-8,11,13,16H,9-10,12,14H2,1-2H3/b8-4+. The van der Waals surface area contributed by atoms with Gasteiger partial charge < -0.3 is 28.6 Å². The molecule has 0 spiro atoms. The predicted octanol–water partition coefficient (Wildman–Crippen LogP) is 2.61. The number of rotatable bonds is 6. The Bertz CT molecular complexity index is 1110. The Labute approximate surface area is 190 Å². The first-order valence-corrected chi connectivity index (χ1v) is 10.3. The van der Waals surface area contributed by atoms with Gasteiger partial charge in [-0.05, 0) is 35.9 Å². The lowest BCUT2D eigenvalue weighted by atomic mass is 10.1. The molecule has 0 aliphatic carbocycles. The van der Waals surface area contributed by atoms with Crippen LogP contribution in [0.3, 0.4) is 0 Å². The summed E-state index contributed by atoms with van der Waals surface area (Å²) in [5.41, 5.74) is 1.30. The molecule has 33 heavy (non-hydrogen) atoms. The highest BCUT2D eigenvalue weighted by Gasteiger charge is 2.37. The Morgan fingerprint density at radius 2 is 1.82 bits per heavy atom. The van der Waals surface area contributed by atoms with Gasteiger partial charge in [-0.15, -0.1) is 0 Å². The lowest BCUT2D eigenvalue weighted by Crippen LogP contribution is -2.27. The highest BCUT2D eigenvalue weighted by Crippen LogP contribution is 2.36. The van der Waals surface area contributed by atoms with Gasteiger partial charge in [-0.2, -0.15) is 0 Å². The minimum Gasteiger partial charge on any atom is -0.493 e. The highest BCUT2D eigenvalue weighted by molar-refractivity contribution is 6.00. The van der Waals surface area contributed by atoms with E-state index in [1.165, 1.54) is 20.3 Å². The van der Waals surface area contributed by atoms with Crippen LogP contribution >= 0.6 is 0 Å². The maximum atomic E-state index is 12.8. The molecular formula is C24H23NO8. The van der Waals surface area contributed by atoms with Gasteiger partial charge >= 0.3 is 11.9 Å². The number of methoxy groups -OCH3 is 2. The van der Waals surface area contributed by atoms with Crippen LogP contribution in [0.4, 0.5) is 5.69 Å². The van der Waals surface area contributed by atoms with Crippen molar-refractivity contribution in [3.8, 4) is 23.0 Å². The molecule has 1 atom stereocenters. The number of nitrogens with zero attached hydrogens (tertiary/aromatic N) is 1. The third-order valence-electron chi connectivity index (χ3n) is 5.31. The Balaban J connectivity index is 1.44. The molecule has 0 saturated carbocycles. The van der Waals surface area contributed by atoms with Gasteiger partial charge in [0, 0.05) is 30.8 Å². The Hall–Kier alpha value is -4.01.